The molecule has 3 nitrogen and oxygen atoms in total. The molecule has 0 aromatic heterocycles. The van der Waals surface area contributed by atoms with Crippen molar-refractivity contribution in [3.05, 3.63) is 68.4 Å². The molecule has 2 aromatic rings. The van der Waals surface area contributed by atoms with Crippen molar-refractivity contribution in [3.8, 4) is 0 Å². The summed E-state index contributed by atoms with van der Waals surface area (Å²) < 4.78 is 19.1. The molecule has 108 valence electrons. The first-order chi connectivity index (χ1) is 9.93. The molecule has 0 radical (unpaired) electrons. The van der Waals surface area contributed by atoms with E-state index in [9.17, 15) is 14.0 Å². The van der Waals surface area contributed by atoms with E-state index < -0.39 is 17.6 Å². The van der Waals surface area contributed by atoms with Crippen LogP contribution in [0.25, 0.3) is 0 Å². The molecule has 0 amide bonds. The Bertz CT molecular complexity index is 714. The van der Waals surface area contributed by atoms with Crippen LogP contribution in [0.1, 0.15) is 26.3 Å². The summed E-state index contributed by atoms with van der Waals surface area (Å²) in [5, 5.41) is 0.455. The smallest absolute Gasteiger partial charge is 0.338 e. The zero-order valence-electron chi connectivity index (χ0n) is 10.8. The van der Waals surface area contributed by atoms with Crippen molar-refractivity contribution in [2.75, 3.05) is 7.11 Å². The van der Waals surface area contributed by atoms with Crippen molar-refractivity contribution in [2.45, 2.75) is 0 Å². The van der Waals surface area contributed by atoms with Crippen molar-refractivity contribution in [1.82, 2.24) is 0 Å². The summed E-state index contributed by atoms with van der Waals surface area (Å²) in [6.07, 6.45) is 0. The van der Waals surface area contributed by atoms with Gasteiger partial charge in [-0.15, -0.1) is 0 Å². The second-order valence-electron chi connectivity index (χ2n) is 4.14. The fraction of sp³-hybridized carbons (Fsp3) is 0.0667. The normalized spacial score (nSPS) is 10.3. The van der Waals surface area contributed by atoms with Crippen LogP contribution >= 0.6 is 27.5 Å². The summed E-state index contributed by atoms with van der Waals surface area (Å²) in [5.41, 5.74) is -0.234. The Morgan fingerprint density at radius 3 is 2.38 bits per heavy atom. The average Bonchev–Trinajstić information content (AvgIpc) is 2.45. The Morgan fingerprint density at radius 2 is 1.81 bits per heavy atom. The summed E-state index contributed by atoms with van der Waals surface area (Å²) in [5.74, 6) is -2.20. The van der Waals surface area contributed by atoms with E-state index in [0.717, 1.165) is 13.2 Å². The molecular weight excluding hydrogens is 363 g/mol. The van der Waals surface area contributed by atoms with Gasteiger partial charge in [-0.2, -0.15) is 0 Å². The second-order valence-corrected chi connectivity index (χ2v) is 5.49. The number of ether oxygens (including phenoxy) is 1. The number of esters is 1. The Kier molecular flexibility index (Phi) is 4.75. The first kappa shape index (κ1) is 15.7. The number of hydrogen-bond donors (Lipinski definition) is 0. The monoisotopic (exact) mass is 370 g/mol. The quantitative estimate of drug-likeness (QED) is 0.598. The molecule has 0 fully saturated rings. The van der Waals surface area contributed by atoms with Gasteiger partial charge in [0.25, 0.3) is 0 Å². The molecule has 0 spiro atoms. The van der Waals surface area contributed by atoms with Gasteiger partial charge in [-0.05, 0) is 36.4 Å². The number of hydrogen-bond acceptors (Lipinski definition) is 3. The van der Waals surface area contributed by atoms with E-state index in [1.54, 1.807) is 0 Å². The molecule has 0 aliphatic rings. The molecule has 21 heavy (non-hydrogen) atoms. The van der Waals surface area contributed by atoms with Crippen molar-refractivity contribution < 1.29 is 18.7 Å². The van der Waals surface area contributed by atoms with Crippen LogP contribution in [-0.4, -0.2) is 18.9 Å². The molecule has 0 heterocycles. The zero-order chi connectivity index (χ0) is 15.6. The predicted molar refractivity (Wildman–Crippen MR) is 80.3 cm³/mol. The lowest BCUT2D eigenvalue weighted by atomic mass is 9.98. The third-order valence-electron chi connectivity index (χ3n) is 2.79. The van der Waals surface area contributed by atoms with E-state index in [1.165, 1.54) is 30.3 Å². The third-order valence-corrected chi connectivity index (χ3v) is 3.50. The van der Waals surface area contributed by atoms with Crippen molar-refractivity contribution in [3.63, 3.8) is 0 Å². The molecule has 0 aliphatic carbocycles. The SMILES string of the molecule is COC(=O)c1cc(Br)cc(F)c1C(=O)c1ccc(Cl)cc1. The largest absolute Gasteiger partial charge is 0.465 e. The van der Waals surface area contributed by atoms with Crippen LogP contribution in [0.3, 0.4) is 0 Å². The van der Waals surface area contributed by atoms with Gasteiger partial charge in [-0.25, -0.2) is 9.18 Å². The summed E-state index contributed by atoms with van der Waals surface area (Å²) in [6, 6.07) is 8.43. The predicted octanol–water partition coefficient (Wildman–Crippen LogP) is 4.26. The number of ketones is 1. The minimum Gasteiger partial charge on any atom is -0.465 e. The molecule has 0 saturated heterocycles. The van der Waals surface area contributed by atoms with Gasteiger partial charge in [0.15, 0.2) is 5.78 Å². The number of halogens is 3. The Labute approximate surface area is 133 Å². The van der Waals surface area contributed by atoms with Crippen molar-refractivity contribution in [1.29, 1.82) is 0 Å². The average molecular weight is 372 g/mol. The Hall–Kier alpha value is -1.72. The number of carbonyl (C=O) groups excluding carboxylic acids is 2. The highest BCUT2D eigenvalue weighted by Gasteiger charge is 2.24. The number of benzene rings is 2. The van der Waals surface area contributed by atoms with Gasteiger partial charge in [-0.1, -0.05) is 27.5 Å². The van der Waals surface area contributed by atoms with E-state index >= 15 is 0 Å². The third kappa shape index (κ3) is 3.31. The van der Waals surface area contributed by atoms with Gasteiger partial charge in [-0.3, -0.25) is 4.79 Å². The first-order valence-corrected chi connectivity index (χ1v) is 6.98. The van der Waals surface area contributed by atoms with E-state index in [1.807, 2.05) is 0 Å². The van der Waals surface area contributed by atoms with Crippen LogP contribution in [0.5, 0.6) is 0 Å². The standard InChI is InChI=1S/C15H9BrClFO3/c1-21-15(20)11-6-9(16)7-12(18)13(11)14(19)8-2-4-10(17)5-3-8/h2-7H,1H3. The highest BCUT2D eigenvalue weighted by atomic mass is 79.9. The summed E-state index contributed by atoms with van der Waals surface area (Å²) in [7, 11) is 1.16. The zero-order valence-corrected chi connectivity index (χ0v) is 13.2. The van der Waals surface area contributed by atoms with Crippen LogP contribution in [0.2, 0.25) is 5.02 Å². The molecular formula is C15H9BrClFO3. The Balaban J connectivity index is 2.59. The van der Waals surface area contributed by atoms with Crippen LogP contribution in [-0.2, 0) is 4.74 Å². The maximum atomic E-state index is 14.1. The van der Waals surface area contributed by atoms with Gasteiger partial charge in [0.2, 0.25) is 0 Å². The van der Waals surface area contributed by atoms with Gasteiger partial charge < -0.3 is 4.74 Å². The lowest BCUT2D eigenvalue weighted by Crippen LogP contribution is -2.14. The molecule has 0 N–H and O–H groups in total. The topological polar surface area (TPSA) is 43.4 Å². The fourth-order valence-corrected chi connectivity index (χ4v) is 2.38. The summed E-state index contributed by atoms with van der Waals surface area (Å²) in [6.45, 7) is 0. The molecule has 6 heteroatoms. The summed E-state index contributed by atoms with van der Waals surface area (Å²) >= 11 is 8.84. The van der Waals surface area contributed by atoms with Crippen LogP contribution in [0.15, 0.2) is 40.9 Å². The molecule has 0 atom stereocenters. The maximum absolute atomic E-state index is 14.1. The van der Waals surface area contributed by atoms with Gasteiger partial charge in [0, 0.05) is 15.1 Å². The minimum atomic E-state index is -0.801. The van der Waals surface area contributed by atoms with Crippen LogP contribution in [0, 0.1) is 5.82 Å². The molecule has 0 unspecified atom stereocenters. The molecule has 0 saturated carbocycles. The van der Waals surface area contributed by atoms with Gasteiger partial charge in [0.1, 0.15) is 5.82 Å². The maximum Gasteiger partial charge on any atom is 0.338 e. The van der Waals surface area contributed by atoms with Crippen molar-refractivity contribution >= 4 is 39.3 Å². The Morgan fingerprint density at radius 1 is 1.19 bits per heavy atom. The van der Waals surface area contributed by atoms with Crippen LogP contribution in [0.4, 0.5) is 4.39 Å². The lowest BCUT2D eigenvalue weighted by Gasteiger charge is -2.09. The second kappa shape index (κ2) is 6.37. The van der Waals surface area contributed by atoms with Crippen molar-refractivity contribution in [2.24, 2.45) is 0 Å². The lowest BCUT2D eigenvalue weighted by molar-refractivity contribution is 0.0596. The molecule has 0 bridgehead atoms. The number of methoxy groups -OCH3 is 1. The number of carbonyl (C=O) groups is 2. The highest BCUT2D eigenvalue weighted by Crippen LogP contribution is 2.24. The minimum absolute atomic E-state index is 0.135. The van der Waals surface area contributed by atoms with E-state index in [0.29, 0.717) is 9.50 Å². The van der Waals surface area contributed by atoms with E-state index in [2.05, 4.69) is 20.7 Å². The first-order valence-electron chi connectivity index (χ1n) is 5.81. The van der Waals surface area contributed by atoms with E-state index in [4.69, 9.17) is 11.6 Å². The summed E-state index contributed by atoms with van der Waals surface area (Å²) in [4.78, 5) is 24.2. The highest BCUT2D eigenvalue weighted by molar-refractivity contribution is 9.10. The molecule has 2 rings (SSSR count). The number of rotatable bonds is 3. The van der Waals surface area contributed by atoms with Gasteiger partial charge in [0.05, 0.1) is 18.2 Å². The van der Waals surface area contributed by atoms with Crippen LogP contribution < -0.4 is 0 Å². The fourth-order valence-electron chi connectivity index (χ4n) is 1.82. The molecule has 0 aliphatic heterocycles. The van der Waals surface area contributed by atoms with Gasteiger partial charge >= 0.3 is 5.97 Å². The van der Waals surface area contributed by atoms with E-state index in [-0.39, 0.29) is 16.7 Å². The molecule has 2 aromatic carbocycles.